The predicted octanol–water partition coefficient (Wildman–Crippen LogP) is 2.44. The highest BCUT2D eigenvalue weighted by Crippen LogP contribution is 2.41. The summed E-state index contributed by atoms with van der Waals surface area (Å²) in [6.45, 7) is 1.41. The van der Waals surface area contributed by atoms with Gasteiger partial charge in [-0.15, -0.1) is 10.2 Å². The fourth-order valence-electron chi connectivity index (χ4n) is 4.04. The van der Waals surface area contributed by atoms with Crippen LogP contribution < -0.4 is 0 Å². The number of carbonyl (C=O) groups is 1. The first kappa shape index (κ1) is 23.0. The summed E-state index contributed by atoms with van der Waals surface area (Å²) in [5.41, 5.74) is 1.68. The molecule has 3 heterocycles. The van der Waals surface area contributed by atoms with Crippen molar-refractivity contribution in [1.82, 2.24) is 29.0 Å². The molecule has 1 saturated heterocycles. The second-order valence-electron chi connectivity index (χ2n) is 8.46. The van der Waals surface area contributed by atoms with E-state index in [-0.39, 0.29) is 17.4 Å². The molecule has 178 valence electrons. The van der Waals surface area contributed by atoms with Crippen molar-refractivity contribution in [3.8, 4) is 11.4 Å². The summed E-state index contributed by atoms with van der Waals surface area (Å²) in [5, 5.41) is 9.44. The third-order valence-corrected chi connectivity index (χ3v) is 8.78. The van der Waals surface area contributed by atoms with Gasteiger partial charge in [-0.25, -0.2) is 8.42 Å². The number of thioether (sulfide) groups is 1. The van der Waals surface area contributed by atoms with E-state index >= 15 is 0 Å². The normalized spacial score (nSPS) is 17.1. The van der Waals surface area contributed by atoms with Crippen molar-refractivity contribution in [1.29, 1.82) is 0 Å². The van der Waals surface area contributed by atoms with Crippen molar-refractivity contribution in [2.45, 2.75) is 29.8 Å². The lowest BCUT2D eigenvalue weighted by Crippen LogP contribution is -2.51. The third kappa shape index (κ3) is 5.16. The Morgan fingerprint density at radius 3 is 2.44 bits per heavy atom. The molecule has 0 radical (unpaired) electrons. The molecule has 1 aliphatic carbocycles. The molecule has 2 aromatic heterocycles. The molecule has 34 heavy (non-hydrogen) atoms. The average molecular weight is 499 g/mol. The Morgan fingerprint density at radius 2 is 1.76 bits per heavy atom. The van der Waals surface area contributed by atoms with Gasteiger partial charge in [-0.2, -0.15) is 4.31 Å². The van der Waals surface area contributed by atoms with Gasteiger partial charge in [0.25, 0.3) is 0 Å². The van der Waals surface area contributed by atoms with E-state index in [1.54, 1.807) is 17.3 Å². The van der Waals surface area contributed by atoms with Crippen LogP contribution in [0.5, 0.6) is 0 Å². The molecule has 1 saturated carbocycles. The van der Waals surface area contributed by atoms with Crippen molar-refractivity contribution < 1.29 is 13.2 Å². The van der Waals surface area contributed by atoms with Gasteiger partial charge in [0.2, 0.25) is 15.9 Å². The number of piperazine rings is 1. The first-order chi connectivity index (χ1) is 16.5. The van der Waals surface area contributed by atoms with Gasteiger partial charge in [0.05, 0.1) is 11.5 Å². The lowest BCUT2D eigenvalue weighted by atomic mass is 10.2. The van der Waals surface area contributed by atoms with Crippen LogP contribution in [0.4, 0.5) is 0 Å². The average Bonchev–Trinajstić information content (AvgIpc) is 3.62. The molecule has 1 aliphatic heterocycles. The number of sulfonamides is 1. The summed E-state index contributed by atoms with van der Waals surface area (Å²) in [6.07, 6.45) is 5.65. The highest BCUT2D eigenvalue weighted by molar-refractivity contribution is 7.99. The highest BCUT2D eigenvalue weighted by Gasteiger charge is 2.32. The summed E-state index contributed by atoms with van der Waals surface area (Å²) in [7, 11) is -3.41. The maximum Gasteiger partial charge on any atom is 0.233 e. The van der Waals surface area contributed by atoms with Gasteiger partial charge in [0, 0.05) is 50.2 Å². The monoisotopic (exact) mass is 498 g/mol. The molecular weight excluding hydrogens is 472 g/mol. The summed E-state index contributed by atoms with van der Waals surface area (Å²) >= 11 is 1.39. The van der Waals surface area contributed by atoms with Gasteiger partial charge < -0.3 is 4.90 Å². The van der Waals surface area contributed by atoms with E-state index in [2.05, 4.69) is 19.7 Å². The van der Waals surface area contributed by atoms with E-state index in [1.807, 2.05) is 42.5 Å². The Bertz CT molecular complexity index is 1240. The van der Waals surface area contributed by atoms with Crippen molar-refractivity contribution in [3.05, 3.63) is 60.4 Å². The lowest BCUT2D eigenvalue weighted by Gasteiger charge is -2.34. The maximum absolute atomic E-state index is 12.9. The lowest BCUT2D eigenvalue weighted by molar-refractivity contribution is -0.129. The molecule has 2 aliphatic rings. The van der Waals surface area contributed by atoms with Gasteiger partial charge in [-0.1, -0.05) is 42.1 Å². The van der Waals surface area contributed by atoms with Gasteiger partial charge in [-0.3, -0.25) is 14.3 Å². The number of rotatable bonds is 8. The van der Waals surface area contributed by atoms with E-state index in [1.165, 1.54) is 16.1 Å². The summed E-state index contributed by atoms with van der Waals surface area (Å²) in [4.78, 5) is 18.8. The Hall–Kier alpha value is -2.76. The number of benzene rings is 1. The zero-order valence-corrected chi connectivity index (χ0v) is 20.3. The van der Waals surface area contributed by atoms with Crippen LogP contribution in [0.15, 0.2) is 60.0 Å². The van der Waals surface area contributed by atoms with Gasteiger partial charge >= 0.3 is 0 Å². The van der Waals surface area contributed by atoms with Crippen molar-refractivity contribution in [2.24, 2.45) is 0 Å². The quantitative estimate of drug-likeness (QED) is 0.440. The second kappa shape index (κ2) is 9.85. The molecule has 11 heteroatoms. The minimum Gasteiger partial charge on any atom is -0.339 e. The molecular formula is C23H26N6O3S2. The number of nitrogens with zero attached hydrogens (tertiary/aromatic N) is 6. The number of hydrogen-bond donors (Lipinski definition) is 0. The predicted molar refractivity (Wildman–Crippen MR) is 129 cm³/mol. The Morgan fingerprint density at radius 1 is 1.00 bits per heavy atom. The summed E-state index contributed by atoms with van der Waals surface area (Å²) in [5.74, 6) is 0.990. The topological polar surface area (TPSA) is 101 Å². The number of pyridine rings is 1. The molecule has 0 spiro atoms. The number of carbonyl (C=O) groups excluding carboxylic acids is 1. The Balaban J connectivity index is 1.17. The van der Waals surface area contributed by atoms with E-state index in [9.17, 15) is 13.2 Å². The minimum absolute atomic E-state index is 0.0154. The van der Waals surface area contributed by atoms with Crippen LogP contribution in [0.2, 0.25) is 0 Å². The largest absolute Gasteiger partial charge is 0.339 e. The molecule has 2 fully saturated rings. The van der Waals surface area contributed by atoms with Gasteiger partial charge in [0.15, 0.2) is 11.0 Å². The molecule has 3 aromatic rings. The molecule has 9 nitrogen and oxygen atoms in total. The van der Waals surface area contributed by atoms with Crippen molar-refractivity contribution in [3.63, 3.8) is 0 Å². The molecule has 0 unspecified atom stereocenters. The smallest absolute Gasteiger partial charge is 0.233 e. The van der Waals surface area contributed by atoms with Crippen molar-refractivity contribution in [2.75, 3.05) is 31.9 Å². The number of aromatic nitrogens is 4. The standard InChI is InChI=1S/C23H26N6O3S2/c30-21(27-11-13-28(14-12-27)34(31,32)17-18-5-2-1-3-6-18)16-33-23-26-25-22(29(23)20-8-9-20)19-7-4-10-24-15-19/h1-7,10,15,20H,8-9,11-14,16-17H2. The van der Waals surface area contributed by atoms with E-state index in [0.29, 0.717) is 32.2 Å². The van der Waals surface area contributed by atoms with Crippen LogP contribution in [0, 0.1) is 0 Å². The summed E-state index contributed by atoms with van der Waals surface area (Å²) < 4.78 is 29.1. The SMILES string of the molecule is O=C(CSc1nnc(-c2cccnc2)n1C1CC1)N1CCN(S(=O)(=O)Cc2ccccc2)CC1. The van der Waals surface area contributed by atoms with Crippen LogP contribution in [-0.2, 0) is 20.6 Å². The molecule has 1 aromatic carbocycles. The second-order valence-corrected chi connectivity index (χ2v) is 11.4. The number of hydrogen-bond acceptors (Lipinski definition) is 7. The van der Waals surface area contributed by atoms with E-state index in [0.717, 1.165) is 34.9 Å². The molecule has 0 N–H and O–H groups in total. The first-order valence-corrected chi connectivity index (χ1v) is 13.9. The maximum atomic E-state index is 12.9. The highest BCUT2D eigenvalue weighted by atomic mass is 32.2. The minimum atomic E-state index is -3.41. The summed E-state index contributed by atoms with van der Waals surface area (Å²) in [6, 6.07) is 13.4. The van der Waals surface area contributed by atoms with E-state index in [4.69, 9.17) is 0 Å². The molecule has 1 amide bonds. The zero-order chi connectivity index (χ0) is 23.5. The van der Waals surface area contributed by atoms with Crippen LogP contribution >= 0.6 is 11.8 Å². The van der Waals surface area contributed by atoms with Gasteiger partial charge in [0.1, 0.15) is 0 Å². The Labute approximate surface area is 203 Å². The third-order valence-electron chi connectivity index (χ3n) is 6.00. The van der Waals surface area contributed by atoms with Crippen molar-refractivity contribution >= 4 is 27.7 Å². The van der Waals surface area contributed by atoms with E-state index < -0.39 is 10.0 Å². The van der Waals surface area contributed by atoms with Crippen LogP contribution in [-0.4, -0.2) is 75.2 Å². The first-order valence-electron chi connectivity index (χ1n) is 11.3. The fraction of sp³-hybridized carbons (Fsp3) is 0.391. The Kier molecular flexibility index (Phi) is 6.66. The number of amides is 1. The van der Waals surface area contributed by atoms with Gasteiger partial charge in [-0.05, 0) is 30.5 Å². The molecule has 0 bridgehead atoms. The van der Waals surface area contributed by atoms with Crippen LogP contribution in [0.1, 0.15) is 24.4 Å². The van der Waals surface area contributed by atoms with Crippen LogP contribution in [0.3, 0.4) is 0 Å². The van der Waals surface area contributed by atoms with Crippen LogP contribution in [0.25, 0.3) is 11.4 Å². The fourth-order valence-corrected chi connectivity index (χ4v) is 6.46. The zero-order valence-electron chi connectivity index (χ0n) is 18.7. The molecule has 0 atom stereocenters. The molecule has 5 rings (SSSR count).